The van der Waals surface area contributed by atoms with Crippen molar-refractivity contribution in [1.82, 2.24) is 14.5 Å². The minimum absolute atomic E-state index is 0.135. The van der Waals surface area contributed by atoms with Gasteiger partial charge >= 0.3 is 0 Å². The van der Waals surface area contributed by atoms with Gasteiger partial charge in [-0.1, -0.05) is 27.7 Å². The van der Waals surface area contributed by atoms with Crippen LogP contribution in [0.5, 0.6) is 0 Å². The summed E-state index contributed by atoms with van der Waals surface area (Å²) in [4.78, 5) is 0.294. The smallest absolute Gasteiger partial charge is 0.243 e. The van der Waals surface area contributed by atoms with Crippen molar-refractivity contribution in [2.45, 2.75) is 64.3 Å². The summed E-state index contributed by atoms with van der Waals surface area (Å²) >= 11 is 0. The third-order valence-corrected chi connectivity index (χ3v) is 4.23. The maximum absolute atomic E-state index is 12.3. The lowest BCUT2D eigenvalue weighted by Crippen LogP contribution is -2.27. The van der Waals surface area contributed by atoms with E-state index in [1.807, 2.05) is 41.5 Å². The molecule has 1 aromatic heterocycles. The zero-order chi connectivity index (χ0) is 14.8. The van der Waals surface area contributed by atoms with E-state index < -0.39 is 10.0 Å². The number of nitrogens with zero attached hydrogens (tertiary/aromatic N) is 2. The van der Waals surface area contributed by atoms with Gasteiger partial charge in [0.1, 0.15) is 4.90 Å². The Morgan fingerprint density at radius 1 is 1.37 bits per heavy atom. The third-order valence-electron chi connectivity index (χ3n) is 2.77. The van der Waals surface area contributed by atoms with Crippen LogP contribution in [0.25, 0.3) is 0 Å². The van der Waals surface area contributed by atoms with E-state index in [0.29, 0.717) is 17.1 Å². The average molecular weight is 287 g/mol. The fourth-order valence-corrected chi connectivity index (χ4v) is 3.15. The topological polar surface area (TPSA) is 64.0 Å². The molecule has 0 amide bonds. The van der Waals surface area contributed by atoms with E-state index in [9.17, 15) is 8.42 Å². The van der Waals surface area contributed by atoms with Gasteiger partial charge in [0.15, 0.2) is 0 Å². The normalized spacial score (nSPS) is 13.2. The predicted octanol–water partition coefficient (Wildman–Crippen LogP) is 2.45. The van der Waals surface area contributed by atoms with Crippen molar-refractivity contribution in [3.63, 3.8) is 0 Å². The number of hydrogen-bond acceptors (Lipinski definition) is 3. The van der Waals surface area contributed by atoms with E-state index in [1.165, 1.54) is 0 Å². The Balaban J connectivity index is 3.33. The van der Waals surface area contributed by atoms with Crippen molar-refractivity contribution in [3.05, 3.63) is 11.9 Å². The Kier molecular flexibility index (Phi) is 4.79. The number of rotatable bonds is 5. The van der Waals surface area contributed by atoms with Gasteiger partial charge in [-0.2, -0.15) is 5.10 Å². The zero-order valence-electron chi connectivity index (χ0n) is 12.7. The van der Waals surface area contributed by atoms with Crippen molar-refractivity contribution in [1.29, 1.82) is 0 Å². The second-order valence-corrected chi connectivity index (χ2v) is 7.80. The molecule has 0 spiro atoms. The maximum atomic E-state index is 12.3. The van der Waals surface area contributed by atoms with E-state index in [4.69, 9.17) is 0 Å². The molecule has 0 atom stereocenters. The molecular formula is C13H25N3O2S. The van der Waals surface area contributed by atoms with Crippen molar-refractivity contribution in [3.8, 4) is 0 Å². The summed E-state index contributed by atoms with van der Waals surface area (Å²) in [6.07, 6.45) is 2.39. The highest BCUT2D eigenvalue weighted by Gasteiger charge is 2.29. The monoisotopic (exact) mass is 287 g/mol. The largest absolute Gasteiger partial charge is 0.269 e. The van der Waals surface area contributed by atoms with E-state index in [1.54, 1.807) is 10.9 Å². The van der Waals surface area contributed by atoms with Gasteiger partial charge in [-0.15, -0.1) is 0 Å². The first-order chi connectivity index (χ1) is 8.59. The van der Waals surface area contributed by atoms with Gasteiger partial charge in [0.2, 0.25) is 10.0 Å². The minimum Gasteiger partial charge on any atom is -0.269 e. The van der Waals surface area contributed by atoms with E-state index in [0.717, 1.165) is 6.42 Å². The Morgan fingerprint density at radius 3 is 2.37 bits per heavy atom. The molecular weight excluding hydrogens is 262 g/mol. The molecule has 0 aromatic carbocycles. The number of hydrogen-bond donors (Lipinski definition) is 1. The highest BCUT2D eigenvalue weighted by atomic mass is 32.2. The van der Waals surface area contributed by atoms with Crippen LogP contribution >= 0.6 is 0 Å². The van der Waals surface area contributed by atoms with Crippen molar-refractivity contribution in [2.75, 3.05) is 6.54 Å². The van der Waals surface area contributed by atoms with Crippen LogP contribution in [0.15, 0.2) is 11.1 Å². The molecule has 0 radical (unpaired) electrons. The van der Waals surface area contributed by atoms with Gasteiger partial charge in [-0.3, -0.25) is 4.68 Å². The summed E-state index contributed by atoms with van der Waals surface area (Å²) in [5.74, 6) is 0. The first-order valence-electron chi connectivity index (χ1n) is 6.69. The Labute approximate surface area is 116 Å². The molecule has 1 heterocycles. The lowest BCUT2D eigenvalue weighted by atomic mass is 9.92. The molecule has 0 aliphatic carbocycles. The lowest BCUT2D eigenvalue weighted by Gasteiger charge is -2.17. The Morgan fingerprint density at radius 2 is 1.95 bits per heavy atom. The molecule has 0 aliphatic rings. The number of nitrogens with one attached hydrogen (secondary N) is 1. The predicted molar refractivity (Wildman–Crippen MR) is 76.8 cm³/mol. The highest BCUT2D eigenvalue weighted by molar-refractivity contribution is 7.89. The molecule has 5 nitrogen and oxygen atoms in total. The molecule has 0 bridgehead atoms. The average Bonchev–Trinajstić information content (AvgIpc) is 2.71. The second-order valence-electron chi connectivity index (χ2n) is 6.06. The molecule has 0 saturated carbocycles. The van der Waals surface area contributed by atoms with Crippen LogP contribution in [-0.2, 0) is 15.4 Å². The number of sulfonamides is 1. The standard InChI is InChI=1S/C13H25N3O2S/c1-7-8-14-19(17,18)11-9-16(10(2)3)15-12(11)13(4,5)6/h9-10,14H,7-8H2,1-6H3. The van der Waals surface area contributed by atoms with E-state index in [2.05, 4.69) is 9.82 Å². The fraction of sp³-hybridized carbons (Fsp3) is 0.769. The zero-order valence-corrected chi connectivity index (χ0v) is 13.5. The highest BCUT2D eigenvalue weighted by Crippen LogP contribution is 2.28. The molecule has 19 heavy (non-hydrogen) atoms. The molecule has 0 aliphatic heterocycles. The molecule has 110 valence electrons. The van der Waals surface area contributed by atoms with Crippen LogP contribution in [0.1, 0.15) is 59.7 Å². The summed E-state index contributed by atoms with van der Waals surface area (Å²) < 4.78 is 29.0. The molecule has 0 unspecified atom stereocenters. The molecule has 1 N–H and O–H groups in total. The van der Waals surface area contributed by atoms with Crippen LogP contribution < -0.4 is 4.72 Å². The molecule has 6 heteroatoms. The number of aromatic nitrogens is 2. The maximum Gasteiger partial charge on any atom is 0.243 e. The summed E-state index contributed by atoms with van der Waals surface area (Å²) in [5.41, 5.74) is 0.306. The summed E-state index contributed by atoms with van der Waals surface area (Å²) in [6.45, 7) is 12.3. The quantitative estimate of drug-likeness (QED) is 0.904. The van der Waals surface area contributed by atoms with Crippen LogP contribution in [0, 0.1) is 0 Å². The van der Waals surface area contributed by atoms with Crippen LogP contribution in [0.3, 0.4) is 0 Å². The van der Waals surface area contributed by atoms with Gasteiger partial charge in [0.05, 0.1) is 5.69 Å². The van der Waals surface area contributed by atoms with Crippen LogP contribution in [-0.4, -0.2) is 24.7 Å². The third kappa shape index (κ3) is 3.79. The summed E-state index contributed by atoms with van der Waals surface area (Å²) in [5, 5.41) is 4.45. The Hall–Kier alpha value is -0.880. The van der Waals surface area contributed by atoms with Crippen molar-refractivity contribution >= 4 is 10.0 Å². The molecule has 0 fully saturated rings. The first kappa shape index (κ1) is 16.2. The van der Waals surface area contributed by atoms with E-state index in [-0.39, 0.29) is 11.5 Å². The fourth-order valence-electron chi connectivity index (χ4n) is 1.67. The molecule has 1 aromatic rings. The van der Waals surface area contributed by atoms with Gasteiger partial charge in [0.25, 0.3) is 0 Å². The van der Waals surface area contributed by atoms with Crippen molar-refractivity contribution < 1.29 is 8.42 Å². The van der Waals surface area contributed by atoms with E-state index >= 15 is 0 Å². The molecule has 1 rings (SSSR count). The van der Waals surface area contributed by atoms with Crippen LogP contribution in [0.2, 0.25) is 0 Å². The first-order valence-corrected chi connectivity index (χ1v) is 8.17. The summed E-state index contributed by atoms with van der Waals surface area (Å²) in [6, 6.07) is 0.135. The van der Waals surface area contributed by atoms with Crippen molar-refractivity contribution in [2.24, 2.45) is 0 Å². The van der Waals surface area contributed by atoms with Gasteiger partial charge in [0, 0.05) is 24.2 Å². The minimum atomic E-state index is -3.48. The van der Waals surface area contributed by atoms with Gasteiger partial charge in [-0.25, -0.2) is 13.1 Å². The Bertz CT molecular complexity index is 525. The van der Waals surface area contributed by atoms with Gasteiger partial charge < -0.3 is 0 Å². The van der Waals surface area contributed by atoms with Gasteiger partial charge in [-0.05, 0) is 20.3 Å². The SMILES string of the molecule is CCCNS(=O)(=O)c1cn(C(C)C)nc1C(C)(C)C. The van der Waals surface area contributed by atoms with Crippen LogP contribution in [0.4, 0.5) is 0 Å². The lowest BCUT2D eigenvalue weighted by molar-refractivity contribution is 0.493. The molecule has 0 saturated heterocycles. The summed E-state index contributed by atoms with van der Waals surface area (Å²) in [7, 11) is -3.48. The second kappa shape index (κ2) is 5.63.